The monoisotopic (exact) mass is 320 g/mol. The Labute approximate surface area is 134 Å². The molecule has 0 aliphatic heterocycles. The molecule has 0 unspecified atom stereocenters. The van der Waals surface area contributed by atoms with Crippen molar-refractivity contribution in [3.05, 3.63) is 64.9 Å². The second kappa shape index (κ2) is 8.39. The Morgan fingerprint density at radius 2 is 1.91 bits per heavy atom. The third-order valence-corrected chi connectivity index (χ3v) is 3.37. The molecule has 0 aliphatic carbocycles. The van der Waals surface area contributed by atoms with E-state index in [1.807, 2.05) is 24.3 Å². The second-order valence-electron chi connectivity index (χ2n) is 4.92. The Morgan fingerprint density at radius 1 is 1.09 bits per heavy atom. The summed E-state index contributed by atoms with van der Waals surface area (Å²) >= 11 is 5.90. The first-order chi connectivity index (χ1) is 10.6. The fourth-order valence-electron chi connectivity index (χ4n) is 2.05. The molecule has 0 heterocycles. The molecule has 0 bridgehead atoms. The lowest BCUT2D eigenvalue weighted by Crippen LogP contribution is -2.27. The average molecular weight is 321 g/mol. The number of anilines is 1. The molecular formula is C17H18ClFN2O. The van der Waals surface area contributed by atoms with Crippen LogP contribution < -0.4 is 10.6 Å². The Kier molecular flexibility index (Phi) is 6.22. The molecule has 2 aromatic carbocycles. The number of amides is 1. The minimum atomic E-state index is -0.295. The SMILES string of the molecule is O=C(CCNc1cccc(F)c1)NCCc1cccc(Cl)c1. The van der Waals surface area contributed by atoms with Crippen LogP contribution in [0.25, 0.3) is 0 Å². The summed E-state index contributed by atoms with van der Waals surface area (Å²) in [7, 11) is 0. The van der Waals surface area contributed by atoms with Gasteiger partial charge in [-0.15, -0.1) is 0 Å². The first-order valence-electron chi connectivity index (χ1n) is 7.14. The smallest absolute Gasteiger partial charge is 0.221 e. The molecule has 0 fully saturated rings. The molecule has 22 heavy (non-hydrogen) atoms. The van der Waals surface area contributed by atoms with Crippen LogP contribution >= 0.6 is 11.6 Å². The van der Waals surface area contributed by atoms with E-state index < -0.39 is 0 Å². The molecule has 0 saturated carbocycles. The predicted molar refractivity (Wildman–Crippen MR) is 87.7 cm³/mol. The molecule has 0 saturated heterocycles. The molecule has 0 radical (unpaired) electrons. The largest absolute Gasteiger partial charge is 0.384 e. The van der Waals surface area contributed by atoms with Crippen LogP contribution in [-0.4, -0.2) is 19.0 Å². The third kappa shape index (κ3) is 5.74. The summed E-state index contributed by atoms with van der Waals surface area (Å²) in [6.45, 7) is 1.03. The number of nitrogens with one attached hydrogen (secondary N) is 2. The number of carbonyl (C=O) groups excluding carboxylic acids is 1. The van der Waals surface area contributed by atoms with Gasteiger partial charge in [-0.25, -0.2) is 4.39 Å². The van der Waals surface area contributed by atoms with E-state index in [0.29, 0.717) is 30.2 Å². The Balaban J connectivity index is 1.64. The lowest BCUT2D eigenvalue weighted by molar-refractivity contribution is -0.120. The molecular weight excluding hydrogens is 303 g/mol. The van der Waals surface area contributed by atoms with Crippen molar-refractivity contribution in [2.75, 3.05) is 18.4 Å². The number of rotatable bonds is 7. The molecule has 5 heteroatoms. The minimum Gasteiger partial charge on any atom is -0.384 e. The van der Waals surface area contributed by atoms with E-state index >= 15 is 0 Å². The Bertz CT molecular complexity index is 580. The highest BCUT2D eigenvalue weighted by molar-refractivity contribution is 6.30. The first kappa shape index (κ1) is 16.3. The number of hydrogen-bond donors (Lipinski definition) is 2. The highest BCUT2D eigenvalue weighted by atomic mass is 35.5. The molecule has 2 rings (SSSR count). The van der Waals surface area contributed by atoms with Gasteiger partial charge in [0, 0.05) is 30.2 Å². The van der Waals surface area contributed by atoms with E-state index in [0.717, 1.165) is 12.0 Å². The van der Waals surface area contributed by atoms with Gasteiger partial charge in [-0.2, -0.15) is 0 Å². The zero-order chi connectivity index (χ0) is 15.8. The predicted octanol–water partition coefficient (Wildman–Crippen LogP) is 3.64. The summed E-state index contributed by atoms with van der Waals surface area (Å²) in [5, 5.41) is 6.56. The summed E-state index contributed by atoms with van der Waals surface area (Å²) < 4.78 is 13.0. The summed E-state index contributed by atoms with van der Waals surface area (Å²) in [6, 6.07) is 13.8. The quantitative estimate of drug-likeness (QED) is 0.817. The number of hydrogen-bond acceptors (Lipinski definition) is 2. The van der Waals surface area contributed by atoms with Gasteiger partial charge in [-0.05, 0) is 42.3 Å². The van der Waals surface area contributed by atoms with Crippen LogP contribution in [0.5, 0.6) is 0 Å². The number of benzene rings is 2. The van der Waals surface area contributed by atoms with E-state index in [-0.39, 0.29) is 11.7 Å². The highest BCUT2D eigenvalue weighted by Crippen LogP contribution is 2.11. The molecule has 0 spiro atoms. The van der Waals surface area contributed by atoms with Crippen molar-refractivity contribution < 1.29 is 9.18 Å². The van der Waals surface area contributed by atoms with E-state index in [2.05, 4.69) is 10.6 Å². The number of carbonyl (C=O) groups is 1. The van der Waals surface area contributed by atoms with Crippen molar-refractivity contribution in [3.8, 4) is 0 Å². The molecule has 0 atom stereocenters. The molecule has 116 valence electrons. The lowest BCUT2D eigenvalue weighted by atomic mass is 10.1. The van der Waals surface area contributed by atoms with Crippen LogP contribution in [0.3, 0.4) is 0 Å². The van der Waals surface area contributed by atoms with Gasteiger partial charge in [0.2, 0.25) is 5.91 Å². The van der Waals surface area contributed by atoms with Crippen molar-refractivity contribution in [2.24, 2.45) is 0 Å². The Morgan fingerprint density at radius 3 is 2.68 bits per heavy atom. The van der Waals surface area contributed by atoms with E-state index in [1.54, 1.807) is 12.1 Å². The second-order valence-corrected chi connectivity index (χ2v) is 5.35. The van der Waals surface area contributed by atoms with Gasteiger partial charge in [0.05, 0.1) is 0 Å². The minimum absolute atomic E-state index is 0.0362. The Hall–Kier alpha value is -2.07. The van der Waals surface area contributed by atoms with Crippen LogP contribution in [0.1, 0.15) is 12.0 Å². The average Bonchev–Trinajstić information content (AvgIpc) is 2.47. The van der Waals surface area contributed by atoms with Crippen LogP contribution in [0.15, 0.2) is 48.5 Å². The van der Waals surface area contributed by atoms with Crippen molar-refractivity contribution in [2.45, 2.75) is 12.8 Å². The van der Waals surface area contributed by atoms with Gasteiger partial charge in [-0.3, -0.25) is 4.79 Å². The summed E-state index contributed by atoms with van der Waals surface area (Å²) in [4.78, 5) is 11.7. The first-order valence-corrected chi connectivity index (χ1v) is 7.52. The summed E-state index contributed by atoms with van der Waals surface area (Å²) in [6.07, 6.45) is 1.08. The van der Waals surface area contributed by atoms with Gasteiger partial charge in [-0.1, -0.05) is 29.8 Å². The van der Waals surface area contributed by atoms with Crippen LogP contribution in [0, 0.1) is 5.82 Å². The van der Waals surface area contributed by atoms with Gasteiger partial charge in [0.25, 0.3) is 0 Å². The third-order valence-electron chi connectivity index (χ3n) is 3.13. The topological polar surface area (TPSA) is 41.1 Å². The normalized spacial score (nSPS) is 10.3. The van der Waals surface area contributed by atoms with Crippen molar-refractivity contribution in [3.63, 3.8) is 0 Å². The standard InChI is InChI=1S/C17H18ClFN2O/c18-14-4-1-3-13(11-14)7-9-21-17(22)8-10-20-16-6-2-5-15(19)12-16/h1-6,11-12,20H,7-10H2,(H,21,22). The van der Waals surface area contributed by atoms with Gasteiger partial charge >= 0.3 is 0 Å². The maximum Gasteiger partial charge on any atom is 0.221 e. The fourth-order valence-corrected chi connectivity index (χ4v) is 2.26. The van der Waals surface area contributed by atoms with Crippen molar-refractivity contribution >= 4 is 23.2 Å². The zero-order valence-electron chi connectivity index (χ0n) is 12.1. The number of halogens is 2. The van der Waals surface area contributed by atoms with E-state index in [1.165, 1.54) is 12.1 Å². The van der Waals surface area contributed by atoms with Crippen molar-refractivity contribution in [1.82, 2.24) is 5.32 Å². The van der Waals surface area contributed by atoms with Gasteiger partial charge in [0.15, 0.2) is 0 Å². The zero-order valence-corrected chi connectivity index (χ0v) is 12.9. The van der Waals surface area contributed by atoms with Gasteiger partial charge < -0.3 is 10.6 Å². The maximum atomic E-state index is 13.0. The fraction of sp³-hybridized carbons (Fsp3) is 0.235. The van der Waals surface area contributed by atoms with Gasteiger partial charge in [0.1, 0.15) is 5.82 Å². The van der Waals surface area contributed by atoms with Crippen LogP contribution in [-0.2, 0) is 11.2 Å². The molecule has 2 N–H and O–H groups in total. The molecule has 2 aromatic rings. The molecule has 3 nitrogen and oxygen atoms in total. The maximum absolute atomic E-state index is 13.0. The summed E-state index contributed by atoms with van der Waals surface area (Å²) in [5.74, 6) is -0.332. The van der Waals surface area contributed by atoms with Crippen LogP contribution in [0.2, 0.25) is 5.02 Å². The van der Waals surface area contributed by atoms with Crippen LogP contribution in [0.4, 0.5) is 10.1 Å². The molecule has 1 amide bonds. The summed E-state index contributed by atoms with van der Waals surface area (Å²) in [5.41, 5.74) is 1.76. The molecule has 0 aromatic heterocycles. The van der Waals surface area contributed by atoms with E-state index in [4.69, 9.17) is 11.6 Å². The molecule has 0 aliphatic rings. The lowest BCUT2D eigenvalue weighted by Gasteiger charge is -2.08. The van der Waals surface area contributed by atoms with Crippen molar-refractivity contribution in [1.29, 1.82) is 0 Å². The van der Waals surface area contributed by atoms with E-state index in [9.17, 15) is 9.18 Å². The highest BCUT2D eigenvalue weighted by Gasteiger charge is 2.02.